The molecule has 1 aliphatic carbocycles. The van der Waals surface area contributed by atoms with Crippen LogP contribution in [0.3, 0.4) is 0 Å². The summed E-state index contributed by atoms with van der Waals surface area (Å²) in [4.78, 5) is 15.5. The normalized spacial score (nSPS) is 28.0. The number of rotatable bonds is 5. The van der Waals surface area contributed by atoms with Crippen molar-refractivity contribution in [2.45, 2.75) is 54.6 Å². The van der Waals surface area contributed by atoms with Crippen LogP contribution >= 0.6 is 15.9 Å². The fraction of sp³-hybridized carbons (Fsp3) is 0.545. The molecule has 7 nitrogen and oxygen atoms in total. The number of hydrogen-bond donors (Lipinski definition) is 2. The van der Waals surface area contributed by atoms with Gasteiger partial charge in [0.15, 0.2) is 5.82 Å². The van der Waals surface area contributed by atoms with E-state index in [2.05, 4.69) is 55.3 Å². The van der Waals surface area contributed by atoms with Crippen molar-refractivity contribution in [1.82, 2.24) is 9.97 Å². The molecular weight excluding hydrogens is 478 g/mol. The Morgan fingerprint density at radius 1 is 1.16 bits per heavy atom. The number of nitrogens with one attached hydrogen (secondary N) is 1. The molecule has 31 heavy (non-hydrogen) atoms. The van der Waals surface area contributed by atoms with Gasteiger partial charge < -0.3 is 24.8 Å². The summed E-state index contributed by atoms with van der Waals surface area (Å²) in [6.07, 6.45) is 4.83. The van der Waals surface area contributed by atoms with Gasteiger partial charge in [0.2, 0.25) is 10.8 Å². The fourth-order valence-electron chi connectivity index (χ4n) is 5.20. The molecule has 3 aliphatic heterocycles. The van der Waals surface area contributed by atoms with Crippen LogP contribution in [-0.2, 0) is 17.6 Å². The average molecular weight is 504 g/mol. The number of piperazine rings is 1. The molecule has 164 valence electrons. The molecule has 2 N–H and O–H groups in total. The third kappa shape index (κ3) is 3.50. The molecule has 2 aromatic rings. The third-order valence-corrected chi connectivity index (χ3v) is 9.11. The maximum Gasteiger partial charge on any atom is 0.228 e. The molecule has 2 unspecified atom stereocenters. The molecule has 0 spiro atoms. The molecule has 3 fully saturated rings. The van der Waals surface area contributed by atoms with Crippen molar-refractivity contribution in [2.75, 3.05) is 40.6 Å². The molecule has 1 aromatic heterocycles. The summed E-state index contributed by atoms with van der Waals surface area (Å²) >= 11 is 2.46. The number of aromatic nitrogens is 2. The van der Waals surface area contributed by atoms with E-state index in [4.69, 9.17) is 9.97 Å². The number of hydrogen-bond acceptors (Lipinski definition) is 7. The highest BCUT2D eigenvalue weighted by Crippen LogP contribution is 2.43. The second-order valence-corrected chi connectivity index (χ2v) is 11.6. The first kappa shape index (κ1) is 20.1. The summed E-state index contributed by atoms with van der Waals surface area (Å²) in [6, 6.07) is 9.28. The number of fused-ring (bicyclic) bond motifs is 3. The first-order valence-corrected chi connectivity index (χ1v) is 13.1. The lowest BCUT2D eigenvalue weighted by molar-refractivity contribution is 0.265. The highest BCUT2D eigenvalue weighted by molar-refractivity contribution is 9.10. The molecule has 2 saturated heterocycles. The predicted molar refractivity (Wildman–Crippen MR) is 125 cm³/mol. The lowest BCUT2D eigenvalue weighted by Crippen LogP contribution is -2.54. The Bertz CT molecular complexity index is 988. The quantitative estimate of drug-likeness (QED) is 0.606. The van der Waals surface area contributed by atoms with E-state index in [1.165, 1.54) is 5.69 Å². The summed E-state index contributed by atoms with van der Waals surface area (Å²) in [5.41, 5.74) is 1.87. The van der Waals surface area contributed by atoms with E-state index in [1.807, 2.05) is 0 Å². The maximum absolute atomic E-state index is 12.6. The highest BCUT2D eigenvalue weighted by Gasteiger charge is 2.46. The van der Waals surface area contributed by atoms with Crippen LogP contribution in [0.2, 0.25) is 0 Å². The van der Waals surface area contributed by atoms with Crippen LogP contribution in [0, 0.1) is 0 Å². The Labute approximate surface area is 193 Å². The molecular formula is C22H26BrN5O2S. The van der Waals surface area contributed by atoms with E-state index in [0.717, 1.165) is 66.2 Å². The summed E-state index contributed by atoms with van der Waals surface area (Å²) in [6.45, 7) is 1.98. The molecule has 4 aliphatic rings. The number of aliphatic hydroxyl groups excluding tert-OH is 1. The van der Waals surface area contributed by atoms with Crippen molar-refractivity contribution in [2.24, 2.45) is 0 Å². The monoisotopic (exact) mass is 503 g/mol. The number of aryl methyl sites for hydroxylation is 1. The van der Waals surface area contributed by atoms with Gasteiger partial charge in [-0.15, -0.1) is 0 Å². The van der Waals surface area contributed by atoms with Gasteiger partial charge in [-0.3, -0.25) is 0 Å². The number of aliphatic hydroxyl groups is 1. The Morgan fingerprint density at radius 3 is 2.52 bits per heavy atom. The minimum Gasteiger partial charge on any atom is -0.611 e. The lowest BCUT2D eigenvalue weighted by atomic mass is 10.1. The van der Waals surface area contributed by atoms with Crippen LogP contribution in [-0.4, -0.2) is 62.7 Å². The number of nitrogens with zero attached hydrogens (tertiary/aromatic N) is 4. The smallest absolute Gasteiger partial charge is 0.228 e. The van der Waals surface area contributed by atoms with Crippen molar-refractivity contribution in [3.63, 3.8) is 0 Å². The zero-order valence-corrected chi connectivity index (χ0v) is 19.7. The van der Waals surface area contributed by atoms with Crippen molar-refractivity contribution in [1.29, 1.82) is 0 Å². The molecule has 0 radical (unpaired) electrons. The second-order valence-electron chi connectivity index (χ2n) is 9.18. The number of halogens is 1. The minimum atomic E-state index is -1.07. The Morgan fingerprint density at radius 2 is 1.87 bits per heavy atom. The predicted octanol–water partition coefficient (Wildman–Crippen LogP) is 2.70. The first-order chi connectivity index (χ1) is 15.0. The van der Waals surface area contributed by atoms with Gasteiger partial charge >= 0.3 is 0 Å². The molecule has 2 bridgehead atoms. The summed E-state index contributed by atoms with van der Waals surface area (Å²) < 4.78 is 13.7. The molecule has 9 heteroatoms. The van der Waals surface area contributed by atoms with Crippen molar-refractivity contribution < 1.29 is 9.66 Å². The lowest BCUT2D eigenvalue weighted by Gasteiger charge is -2.42. The van der Waals surface area contributed by atoms with Gasteiger partial charge in [-0.2, -0.15) is 4.98 Å². The van der Waals surface area contributed by atoms with Gasteiger partial charge in [0.05, 0.1) is 12.1 Å². The largest absolute Gasteiger partial charge is 0.611 e. The van der Waals surface area contributed by atoms with E-state index >= 15 is 0 Å². The maximum atomic E-state index is 12.6. The SMILES string of the molecule is [O-][S+]1CCc2nc(N3C4CC[C@@H]3CN(c3ccc(Br)cc3)C4)nc(NC3(CO)CC3)c21. The zero-order chi connectivity index (χ0) is 21.2. The van der Waals surface area contributed by atoms with Gasteiger partial charge in [-0.05, 0) is 61.1 Å². The van der Waals surface area contributed by atoms with Gasteiger partial charge in [-0.25, -0.2) is 4.98 Å². The average Bonchev–Trinajstić information content (AvgIpc) is 3.37. The van der Waals surface area contributed by atoms with Crippen LogP contribution < -0.4 is 15.1 Å². The van der Waals surface area contributed by atoms with E-state index in [-0.39, 0.29) is 12.1 Å². The van der Waals surface area contributed by atoms with Crippen molar-refractivity contribution in [3.05, 3.63) is 34.4 Å². The number of benzene rings is 1. The summed E-state index contributed by atoms with van der Waals surface area (Å²) in [5.74, 6) is 2.05. The van der Waals surface area contributed by atoms with E-state index in [9.17, 15) is 9.66 Å². The highest BCUT2D eigenvalue weighted by atomic mass is 79.9. The topological polar surface area (TPSA) is 87.6 Å². The fourth-order valence-corrected chi connectivity index (χ4v) is 6.77. The van der Waals surface area contributed by atoms with E-state index < -0.39 is 11.2 Å². The Hall–Kier alpha value is -1.55. The van der Waals surface area contributed by atoms with E-state index in [1.54, 1.807) is 0 Å². The molecule has 1 aromatic carbocycles. The summed E-state index contributed by atoms with van der Waals surface area (Å²) in [5, 5.41) is 13.2. The Kier molecular flexibility index (Phi) is 4.86. The molecule has 6 rings (SSSR count). The summed E-state index contributed by atoms with van der Waals surface area (Å²) in [7, 11) is 0. The second kappa shape index (κ2) is 7.50. The zero-order valence-electron chi connectivity index (χ0n) is 17.3. The van der Waals surface area contributed by atoms with Gasteiger partial charge in [0.25, 0.3) is 0 Å². The van der Waals surface area contributed by atoms with Gasteiger partial charge in [-0.1, -0.05) is 15.9 Å². The van der Waals surface area contributed by atoms with Crippen LogP contribution in [0.4, 0.5) is 17.5 Å². The first-order valence-electron chi connectivity index (χ1n) is 11.0. The van der Waals surface area contributed by atoms with E-state index in [0.29, 0.717) is 23.7 Å². The minimum absolute atomic E-state index is 0.0743. The van der Waals surface area contributed by atoms with Gasteiger partial charge in [0.1, 0.15) is 11.4 Å². The van der Waals surface area contributed by atoms with Crippen molar-refractivity contribution in [3.8, 4) is 0 Å². The van der Waals surface area contributed by atoms with Crippen LogP contribution in [0.1, 0.15) is 31.4 Å². The number of anilines is 3. The van der Waals surface area contributed by atoms with Crippen LogP contribution in [0.5, 0.6) is 0 Å². The molecule has 3 atom stereocenters. The van der Waals surface area contributed by atoms with Crippen LogP contribution in [0.25, 0.3) is 0 Å². The Balaban J connectivity index is 1.31. The van der Waals surface area contributed by atoms with Gasteiger partial charge in [0, 0.05) is 41.8 Å². The van der Waals surface area contributed by atoms with Crippen molar-refractivity contribution >= 4 is 44.6 Å². The molecule has 4 heterocycles. The standard InChI is InChI=1S/C22H26BrN5O2S/c23-14-1-3-15(4-2-14)27-11-16-5-6-17(12-27)28(16)21-24-18-7-10-31(30)19(18)20(25-21)26-22(13-29)8-9-22/h1-4,16-17,29H,5-13H2,(H,24,25,26)/t16-,17?,31?/m1/s1. The van der Waals surface area contributed by atoms with Crippen LogP contribution in [0.15, 0.2) is 33.6 Å². The molecule has 1 saturated carbocycles. The third-order valence-electron chi connectivity index (χ3n) is 7.12. The molecule has 0 amide bonds.